The fraction of sp³-hybridized carbons (Fsp3) is 0.268. The van der Waals surface area contributed by atoms with Crippen LogP contribution in [0, 0.1) is 19.8 Å². The molecule has 0 radical (unpaired) electrons. The van der Waals surface area contributed by atoms with Gasteiger partial charge >= 0.3 is 5.97 Å². The molecule has 0 unspecified atom stereocenters. The van der Waals surface area contributed by atoms with Gasteiger partial charge in [0, 0.05) is 25.2 Å². The Balaban J connectivity index is 1.09. The van der Waals surface area contributed by atoms with Crippen molar-refractivity contribution in [1.29, 1.82) is 0 Å². The first-order chi connectivity index (χ1) is 23.9. The smallest absolute Gasteiger partial charge is 0.325 e. The molecule has 0 atom stereocenters. The number of carbonyl (C=O) groups is 2. The van der Waals surface area contributed by atoms with Crippen LogP contribution in [0.5, 0.6) is 5.75 Å². The number of amides is 1. The molecule has 0 spiro atoms. The molecule has 6 rings (SSSR count). The number of benzene rings is 4. The van der Waals surface area contributed by atoms with Crippen molar-refractivity contribution in [1.82, 2.24) is 15.3 Å². The van der Waals surface area contributed by atoms with Crippen LogP contribution in [0.1, 0.15) is 51.5 Å². The standard InChI is InChI=1S/C41H42N4O4/c1-29-13-15-34(16-14-29)35-17-19-36(20-18-35)45-23-21-31(22-24-45)25-37-43-30(2)40(49-28-33-11-7-4-8-12-33)39(44-37)41(47)42-26-38(46)48-27-32-9-5-3-6-10-32/h3-20,31H,21-28H2,1-2H3,(H,42,47). The van der Waals surface area contributed by atoms with Gasteiger partial charge in [0.1, 0.15) is 25.6 Å². The third-order valence-corrected chi connectivity index (χ3v) is 8.86. The first-order valence-corrected chi connectivity index (χ1v) is 16.9. The molecule has 1 aliphatic heterocycles. The topological polar surface area (TPSA) is 93.7 Å². The normalized spacial score (nSPS) is 13.1. The van der Waals surface area contributed by atoms with E-state index in [9.17, 15) is 9.59 Å². The summed E-state index contributed by atoms with van der Waals surface area (Å²) in [5.74, 6) is 0.248. The largest absolute Gasteiger partial charge is 0.485 e. The molecule has 4 aromatic carbocycles. The van der Waals surface area contributed by atoms with Crippen molar-refractivity contribution < 1.29 is 19.1 Å². The molecule has 5 aromatic rings. The van der Waals surface area contributed by atoms with E-state index < -0.39 is 11.9 Å². The van der Waals surface area contributed by atoms with Gasteiger partial charge in [0.2, 0.25) is 0 Å². The van der Waals surface area contributed by atoms with Gasteiger partial charge in [-0.05, 0) is 67.0 Å². The molecule has 250 valence electrons. The molecule has 1 aromatic heterocycles. The summed E-state index contributed by atoms with van der Waals surface area (Å²) in [7, 11) is 0. The summed E-state index contributed by atoms with van der Waals surface area (Å²) in [4.78, 5) is 37.9. The van der Waals surface area contributed by atoms with Crippen LogP contribution in [0.3, 0.4) is 0 Å². The highest BCUT2D eigenvalue weighted by molar-refractivity contribution is 5.96. The van der Waals surface area contributed by atoms with Gasteiger partial charge in [0.25, 0.3) is 5.91 Å². The lowest BCUT2D eigenvalue weighted by Gasteiger charge is -2.33. The number of aryl methyl sites for hydroxylation is 2. The van der Waals surface area contributed by atoms with Crippen molar-refractivity contribution in [2.24, 2.45) is 5.92 Å². The van der Waals surface area contributed by atoms with Crippen molar-refractivity contribution in [2.45, 2.75) is 46.3 Å². The SMILES string of the molecule is Cc1ccc(-c2ccc(N3CCC(Cc4nc(C)c(OCc5ccccc5)c(C(=O)NCC(=O)OCc5ccccc5)n4)CC3)cc2)cc1. The number of rotatable bonds is 12. The zero-order valence-electron chi connectivity index (χ0n) is 28.1. The minimum Gasteiger partial charge on any atom is -0.485 e. The highest BCUT2D eigenvalue weighted by Crippen LogP contribution is 2.29. The molecule has 1 fully saturated rings. The Kier molecular flexibility index (Phi) is 11.0. The van der Waals surface area contributed by atoms with Gasteiger partial charge in [-0.1, -0.05) is 103 Å². The summed E-state index contributed by atoms with van der Waals surface area (Å²) in [6, 6.07) is 36.6. The number of anilines is 1. The molecule has 1 amide bonds. The van der Waals surface area contributed by atoms with E-state index in [1.54, 1.807) is 0 Å². The van der Waals surface area contributed by atoms with E-state index in [4.69, 9.17) is 19.4 Å². The van der Waals surface area contributed by atoms with Gasteiger partial charge in [0.05, 0.1) is 5.69 Å². The van der Waals surface area contributed by atoms with E-state index in [1.807, 2.05) is 67.6 Å². The summed E-state index contributed by atoms with van der Waals surface area (Å²) in [5, 5.41) is 2.68. The number of carbonyl (C=O) groups excluding carboxylic acids is 2. The Morgan fingerprint density at radius 3 is 1.98 bits per heavy atom. The summed E-state index contributed by atoms with van der Waals surface area (Å²) in [6.45, 7) is 5.91. The maximum Gasteiger partial charge on any atom is 0.325 e. The molecule has 0 saturated carbocycles. The van der Waals surface area contributed by atoms with Crippen LogP contribution in [0.15, 0.2) is 109 Å². The number of piperidine rings is 1. The maximum absolute atomic E-state index is 13.5. The van der Waals surface area contributed by atoms with E-state index in [2.05, 4.69) is 65.7 Å². The molecule has 2 heterocycles. The van der Waals surface area contributed by atoms with E-state index in [0.29, 0.717) is 29.6 Å². The first kappa shape index (κ1) is 33.4. The Labute approximate surface area is 288 Å². The highest BCUT2D eigenvalue weighted by Gasteiger charge is 2.25. The van der Waals surface area contributed by atoms with Gasteiger partial charge in [-0.3, -0.25) is 9.59 Å². The fourth-order valence-electron chi connectivity index (χ4n) is 6.06. The van der Waals surface area contributed by atoms with Crippen LogP contribution >= 0.6 is 0 Å². The lowest BCUT2D eigenvalue weighted by Crippen LogP contribution is -2.35. The van der Waals surface area contributed by atoms with E-state index in [-0.39, 0.29) is 25.5 Å². The molecule has 8 heteroatoms. The first-order valence-electron chi connectivity index (χ1n) is 16.9. The average molecular weight is 655 g/mol. The molecule has 0 aliphatic carbocycles. The van der Waals surface area contributed by atoms with Gasteiger partial charge in [-0.25, -0.2) is 9.97 Å². The Morgan fingerprint density at radius 1 is 0.755 bits per heavy atom. The van der Waals surface area contributed by atoms with E-state index in [1.165, 1.54) is 22.4 Å². The lowest BCUT2D eigenvalue weighted by molar-refractivity contribution is -0.143. The van der Waals surface area contributed by atoms with Gasteiger partial charge in [-0.2, -0.15) is 0 Å². The Hall–Kier alpha value is -5.50. The second-order valence-corrected chi connectivity index (χ2v) is 12.6. The molecule has 1 aliphatic rings. The highest BCUT2D eigenvalue weighted by atomic mass is 16.5. The number of nitrogens with one attached hydrogen (secondary N) is 1. The Morgan fingerprint density at radius 2 is 1.35 bits per heavy atom. The fourth-order valence-corrected chi connectivity index (χ4v) is 6.06. The van der Waals surface area contributed by atoms with Crippen molar-refractivity contribution in [2.75, 3.05) is 24.5 Å². The molecule has 1 saturated heterocycles. The minimum atomic E-state index is -0.536. The number of hydrogen-bond acceptors (Lipinski definition) is 7. The molecule has 49 heavy (non-hydrogen) atoms. The number of hydrogen-bond donors (Lipinski definition) is 1. The number of nitrogens with zero attached hydrogens (tertiary/aromatic N) is 3. The minimum absolute atomic E-state index is 0.125. The molecule has 1 N–H and O–H groups in total. The van der Waals surface area contributed by atoms with Crippen LogP contribution in [0.25, 0.3) is 11.1 Å². The second-order valence-electron chi connectivity index (χ2n) is 12.6. The zero-order chi connectivity index (χ0) is 34.0. The number of esters is 1. The van der Waals surface area contributed by atoms with Crippen LogP contribution in [0.4, 0.5) is 5.69 Å². The predicted octanol–water partition coefficient (Wildman–Crippen LogP) is 7.27. The summed E-state index contributed by atoms with van der Waals surface area (Å²) in [5.41, 5.74) is 7.46. The predicted molar refractivity (Wildman–Crippen MR) is 191 cm³/mol. The van der Waals surface area contributed by atoms with Crippen LogP contribution in [-0.4, -0.2) is 41.5 Å². The lowest BCUT2D eigenvalue weighted by atomic mass is 9.92. The number of aromatic nitrogens is 2. The van der Waals surface area contributed by atoms with Crippen molar-refractivity contribution in [3.8, 4) is 16.9 Å². The number of ether oxygens (including phenoxy) is 2. The Bertz CT molecular complexity index is 1840. The quantitative estimate of drug-likeness (QED) is 0.142. The van der Waals surface area contributed by atoms with Crippen molar-refractivity contribution in [3.05, 3.63) is 143 Å². The summed E-state index contributed by atoms with van der Waals surface area (Å²) < 4.78 is 11.5. The summed E-state index contributed by atoms with van der Waals surface area (Å²) in [6.07, 6.45) is 2.63. The van der Waals surface area contributed by atoms with Gasteiger partial charge in [-0.15, -0.1) is 0 Å². The maximum atomic E-state index is 13.5. The zero-order valence-corrected chi connectivity index (χ0v) is 28.1. The monoisotopic (exact) mass is 654 g/mol. The second kappa shape index (κ2) is 16.1. The van der Waals surface area contributed by atoms with Gasteiger partial charge in [0.15, 0.2) is 11.4 Å². The molecule has 8 nitrogen and oxygen atoms in total. The van der Waals surface area contributed by atoms with E-state index in [0.717, 1.165) is 37.1 Å². The van der Waals surface area contributed by atoms with Crippen LogP contribution in [-0.2, 0) is 29.2 Å². The molecular weight excluding hydrogens is 612 g/mol. The molecule has 0 bridgehead atoms. The third-order valence-electron chi connectivity index (χ3n) is 8.86. The van der Waals surface area contributed by atoms with Crippen molar-refractivity contribution in [3.63, 3.8) is 0 Å². The van der Waals surface area contributed by atoms with Crippen LogP contribution in [0.2, 0.25) is 0 Å². The third kappa shape index (κ3) is 9.11. The van der Waals surface area contributed by atoms with Gasteiger partial charge < -0.3 is 19.7 Å². The molecular formula is C41H42N4O4. The average Bonchev–Trinajstić information content (AvgIpc) is 3.14. The summed E-state index contributed by atoms with van der Waals surface area (Å²) >= 11 is 0. The van der Waals surface area contributed by atoms with Crippen molar-refractivity contribution >= 4 is 17.6 Å². The van der Waals surface area contributed by atoms with E-state index >= 15 is 0 Å². The van der Waals surface area contributed by atoms with Crippen LogP contribution < -0.4 is 15.0 Å².